The van der Waals surface area contributed by atoms with Gasteiger partial charge in [-0.25, -0.2) is 4.57 Å². The third-order valence-corrected chi connectivity index (χ3v) is 8.98. The van der Waals surface area contributed by atoms with Crippen LogP contribution in [-0.4, -0.2) is 65.7 Å². The Kier molecular flexibility index (Phi) is 37.3. The molecule has 0 aliphatic heterocycles. The number of rotatable bonds is 37. The fraction of sp³-hybridized carbons (Fsp3) is 0.636. The maximum atomic E-state index is 12.6. The molecule has 0 aliphatic rings. The monoisotopic (exact) mass is 792 g/mol. The summed E-state index contributed by atoms with van der Waals surface area (Å²) in [5.41, 5.74) is 0. The number of phosphoric ester groups is 1. The molecule has 0 saturated carbocycles. The third kappa shape index (κ3) is 39.2. The Hall–Kier alpha value is -2.85. The Balaban J connectivity index is 4.48. The second-order valence-electron chi connectivity index (χ2n) is 13.3. The van der Waals surface area contributed by atoms with Crippen LogP contribution in [0.25, 0.3) is 0 Å². The Morgan fingerprint density at radius 1 is 0.564 bits per heavy atom. The number of carbonyl (C=O) groups excluding carboxylic acids is 2. The highest BCUT2D eigenvalue weighted by Gasteiger charge is 2.27. The van der Waals surface area contributed by atoms with Crippen LogP contribution < -0.4 is 0 Å². The second kappa shape index (κ2) is 39.4. The van der Waals surface area contributed by atoms with Crippen molar-refractivity contribution < 1.29 is 47.8 Å². The van der Waals surface area contributed by atoms with Gasteiger partial charge < -0.3 is 24.6 Å². The fourth-order valence-corrected chi connectivity index (χ4v) is 5.67. The SMILES string of the molecule is CCC=CCC=CCC=CCC=CCC=CCCCC(=O)OC(COC(=O)CCCCCCCC=CCC=CCCCCC)COP(=O)(O)OCC(O)CO. The molecule has 0 rings (SSSR count). The van der Waals surface area contributed by atoms with Crippen LogP contribution in [0.2, 0.25) is 0 Å². The van der Waals surface area contributed by atoms with Gasteiger partial charge in [-0.15, -0.1) is 0 Å². The number of hydrogen-bond acceptors (Lipinski definition) is 9. The fourth-order valence-electron chi connectivity index (χ4n) is 4.88. The first kappa shape index (κ1) is 52.2. The van der Waals surface area contributed by atoms with E-state index in [0.29, 0.717) is 19.3 Å². The average molecular weight is 793 g/mol. The van der Waals surface area contributed by atoms with Gasteiger partial charge >= 0.3 is 19.8 Å². The molecule has 0 amide bonds. The van der Waals surface area contributed by atoms with Gasteiger partial charge in [0.25, 0.3) is 0 Å². The molecule has 3 N–H and O–H groups in total. The van der Waals surface area contributed by atoms with Gasteiger partial charge in [0, 0.05) is 12.8 Å². The van der Waals surface area contributed by atoms with E-state index in [1.165, 1.54) is 19.3 Å². The summed E-state index contributed by atoms with van der Waals surface area (Å²) in [5.74, 6) is -1.02. The minimum Gasteiger partial charge on any atom is -0.462 e. The molecular formula is C44H73O10P. The summed E-state index contributed by atoms with van der Waals surface area (Å²) in [6.45, 7) is 2.13. The molecule has 0 aromatic heterocycles. The van der Waals surface area contributed by atoms with E-state index in [0.717, 1.165) is 77.0 Å². The molecule has 0 aliphatic carbocycles. The van der Waals surface area contributed by atoms with Gasteiger partial charge in [0.2, 0.25) is 0 Å². The highest BCUT2D eigenvalue weighted by molar-refractivity contribution is 7.47. The molecule has 314 valence electrons. The normalized spacial score (nSPS) is 14.8. The number of ether oxygens (including phenoxy) is 2. The maximum absolute atomic E-state index is 12.6. The molecule has 11 heteroatoms. The number of hydrogen-bond donors (Lipinski definition) is 3. The third-order valence-electron chi connectivity index (χ3n) is 8.03. The first-order chi connectivity index (χ1) is 26.7. The standard InChI is InChI=1S/C44H73O10P/c1-3-5-7-9-11-13-15-17-19-20-22-24-26-28-30-32-34-36-44(48)54-42(40-53-55(49,50)52-38-41(46)37-45)39-51-43(47)35-33-31-29-27-25-23-21-18-16-14-12-10-8-6-4-2/h5,7,11-14,17-19,21-22,24,28,30,41-42,45-46H,3-4,6,8-10,15-16,20,23,25-27,29,31-40H2,1-2H3,(H,49,50). The van der Waals surface area contributed by atoms with Gasteiger partial charge in [0.15, 0.2) is 6.10 Å². The number of phosphoric acid groups is 1. The molecule has 3 unspecified atom stereocenters. The van der Waals surface area contributed by atoms with Crippen molar-refractivity contribution in [2.24, 2.45) is 0 Å². The Morgan fingerprint density at radius 2 is 1.02 bits per heavy atom. The Morgan fingerprint density at radius 3 is 1.56 bits per heavy atom. The Bertz CT molecular complexity index is 1190. The number of aliphatic hydroxyl groups excluding tert-OH is 2. The number of carbonyl (C=O) groups is 2. The highest BCUT2D eigenvalue weighted by Crippen LogP contribution is 2.43. The average Bonchev–Trinajstić information content (AvgIpc) is 3.17. The zero-order valence-corrected chi connectivity index (χ0v) is 34.7. The minimum absolute atomic E-state index is 0.0979. The summed E-state index contributed by atoms with van der Waals surface area (Å²) in [6, 6.07) is 0. The van der Waals surface area contributed by atoms with Gasteiger partial charge in [-0.05, 0) is 83.5 Å². The molecule has 0 aromatic rings. The maximum Gasteiger partial charge on any atom is 0.472 e. The van der Waals surface area contributed by atoms with Gasteiger partial charge in [-0.2, -0.15) is 0 Å². The molecule has 0 saturated heterocycles. The van der Waals surface area contributed by atoms with Crippen LogP contribution in [0.3, 0.4) is 0 Å². The second-order valence-corrected chi connectivity index (χ2v) is 14.7. The molecule has 0 aromatic carbocycles. The topological polar surface area (TPSA) is 149 Å². The number of unbranched alkanes of at least 4 members (excludes halogenated alkanes) is 9. The van der Waals surface area contributed by atoms with E-state index >= 15 is 0 Å². The lowest BCUT2D eigenvalue weighted by Gasteiger charge is -2.20. The van der Waals surface area contributed by atoms with Crippen molar-refractivity contribution in [1.82, 2.24) is 0 Å². The van der Waals surface area contributed by atoms with Crippen LogP contribution in [0.1, 0.15) is 142 Å². The predicted octanol–water partition coefficient (Wildman–Crippen LogP) is 10.7. The van der Waals surface area contributed by atoms with Crippen molar-refractivity contribution in [1.29, 1.82) is 0 Å². The van der Waals surface area contributed by atoms with Crippen molar-refractivity contribution in [3.8, 4) is 0 Å². The number of allylic oxidation sites excluding steroid dienone is 14. The summed E-state index contributed by atoms with van der Waals surface area (Å²) in [5, 5.41) is 18.3. The van der Waals surface area contributed by atoms with Crippen LogP contribution in [0.5, 0.6) is 0 Å². The van der Waals surface area contributed by atoms with E-state index in [9.17, 15) is 24.2 Å². The molecule has 55 heavy (non-hydrogen) atoms. The van der Waals surface area contributed by atoms with E-state index < -0.39 is 51.8 Å². The lowest BCUT2D eigenvalue weighted by molar-refractivity contribution is -0.161. The van der Waals surface area contributed by atoms with Crippen molar-refractivity contribution >= 4 is 19.8 Å². The summed E-state index contributed by atoms with van der Waals surface area (Å²) in [4.78, 5) is 34.9. The quantitative estimate of drug-likeness (QED) is 0.0240. The molecule has 10 nitrogen and oxygen atoms in total. The molecule has 0 spiro atoms. The van der Waals surface area contributed by atoms with E-state index in [2.05, 4.69) is 91.3 Å². The lowest BCUT2D eigenvalue weighted by Crippen LogP contribution is -2.29. The van der Waals surface area contributed by atoms with Crippen LogP contribution in [-0.2, 0) is 32.7 Å². The van der Waals surface area contributed by atoms with Crippen molar-refractivity contribution in [2.75, 3.05) is 26.4 Å². The smallest absolute Gasteiger partial charge is 0.462 e. The largest absolute Gasteiger partial charge is 0.472 e. The molecule has 0 heterocycles. The summed E-state index contributed by atoms with van der Waals surface area (Å²) in [7, 11) is -4.64. The Labute approximate surface area is 332 Å². The highest BCUT2D eigenvalue weighted by atomic mass is 31.2. The van der Waals surface area contributed by atoms with Crippen LogP contribution in [0.4, 0.5) is 0 Å². The van der Waals surface area contributed by atoms with E-state index in [-0.39, 0.29) is 19.4 Å². The summed E-state index contributed by atoms with van der Waals surface area (Å²) >= 11 is 0. The molecular weight excluding hydrogens is 719 g/mol. The summed E-state index contributed by atoms with van der Waals surface area (Å²) < 4.78 is 32.6. The molecule has 0 radical (unpaired) electrons. The van der Waals surface area contributed by atoms with Crippen LogP contribution >= 0.6 is 7.82 Å². The first-order valence-electron chi connectivity index (χ1n) is 20.5. The summed E-state index contributed by atoms with van der Waals surface area (Å²) in [6.07, 6.45) is 45.5. The van der Waals surface area contributed by atoms with Crippen LogP contribution in [0.15, 0.2) is 85.1 Å². The zero-order chi connectivity index (χ0) is 40.5. The first-order valence-corrected chi connectivity index (χ1v) is 22.0. The van der Waals surface area contributed by atoms with Crippen molar-refractivity contribution in [3.05, 3.63) is 85.1 Å². The van der Waals surface area contributed by atoms with Crippen molar-refractivity contribution in [3.63, 3.8) is 0 Å². The van der Waals surface area contributed by atoms with Crippen LogP contribution in [0, 0.1) is 0 Å². The number of esters is 2. The molecule has 0 fully saturated rings. The number of aliphatic hydroxyl groups is 2. The van der Waals surface area contributed by atoms with Gasteiger partial charge in [-0.3, -0.25) is 18.6 Å². The van der Waals surface area contributed by atoms with Gasteiger partial charge in [0.05, 0.1) is 19.8 Å². The van der Waals surface area contributed by atoms with Gasteiger partial charge in [-0.1, -0.05) is 131 Å². The molecule has 0 bridgehead atoms. The van der Waals surface area contributed by atoms with E-state index in [4.69, 9.17) is 19.1 Å². The minimum atomic E-state index is -4.64. The van der Waals surface area contributed by atoms with Gasteiger partial charge in [0.1, 0.15) is 12.7 Å². The van der Waals surface area contributed by atoms with Crippen molar-refractivity contribution in [2.45, 2.75) is 154 Å². The molecule has 3 atom stereocenters. The lowest BCUT2D eigenvalue weighted by atomic mass is 10.1. The predicted molar refractivity (Wildman–Crippen MR) is 223 cm³/mol. The zero-order valence-electron chi connectivity index (χ0n) is 33.9. The van der Waals surface area contributed by atoms with E-state index in [1.807, 2.05) is 12.2 Å². The van der Waals surface area contributed by atoms with E-state index in [1.54, 1.807) is 0 Å².